The van der Waals surface area contributed by atoms with Crippen molar-refractivity contribution in [2.45, 2.75) is 12.2 Å². The Morgan fingerprint density at radius 2 is 1.82 bits per heavy atom. The summed E-state index contributed by atoms with van der Waals surface area (Å²) in [5, 5.41) is 2.66. The summed E-state index contributed by atoms with van der Waals surface area (Å²) in [6, 6.07) is 11.1. The van der Waals surface area contributed by atoms with Gasteiger partial charge in [-0.2, -0.15) is 13.2 Å². The van der Waals surface area contributed by atoms with Gasteiger partial charge in [-0.3, -0.25) is 14.6 Å². The first-order chi connectivity index (χ1) is 13.3. The Balaban J connectivity index is 1.70. The lowest BCUT2D eigenvalue weighted by Crippen LogP contribution is -2.35. The lowest BCUT2D eigenvalue weighted by Gasteiger charge is -2.27. The minimum Gasteiger partial charge on any atom is -0.455 e. The lowest BCUT2D eigenvalue weighted by molar-refractivity contribution is -0.141. The maximum absolute atomic E-state index is 12.7. The number of amides is 1. The smallest absolute Gasteiger partial charge is 0.431 e. The maximum Gasteiger partial charge on any atom is 0.431 e. The number of H-pyrrole nitrogens is 1. The molecule has 1 aromatic carbocycles. The highest BCUT2D eigenvalue weighted by atomic mass is 19.4. The molecule has 0 fully saturated rings. The van der Waals surface area contributed by atoms with E-state index in [0.29, 0.717) is 28.8 Å². The van der Waals surface area contributed by atoms with E-state index >= 15 is 0 Å². The van der Waals surface area contributed by atoms with Gasteiger partial charge in [0.25, 0.3) is 11.5 Å². The number of aromatic amines is 1. The Hall–Kier alpha value is -3.62. The van der Waals surface area contributed by atoms with E-state index in [4.69, 9.17) is 4.74 Å². The third kappa shape index (κ3) is 3.11. The Morgan fingerprint density at radius 3 is 2.57 bits per heavy atom. The predicted molar refractivity (Wildman–Crippen MR) is 92.1 cm³/mol. The SMILES string of the molecule is O=C(NC1c2ccccc2Oc2cccnc21)c1ccc(C(F)(F)F)[nH]c1=O. The van der Waals surface area contributed by atoms with Crippen molar-refractivity contribution in [1.82, 2.24) is 15.3 Å². The highest BCUT2D eigenvalue weighted by Crippen LogP contribution is 2.41. The maximum atomic E-state index is 12.7. The Bertz CT molecular complexity index is 1080. The molecule has 0 spiro atoms. The van der Waals surface area contributed by atoms with E-state index in [9.17, 15) is 22.8 Å². The Morgan fingerprint density at radius 1 is 1.07 bits per heavy atom. The van der Waals surface area contributed by atoms with Gasteiger partial charge in [-0.05, 0) is 30.3 Å². The third-order valence-electron chi connectivity index (χ3n) is 4.26. The number of nitrogens with zero attached hydrogens (tertiary/aromatic N) is 1. The highest BCUT2D eigenvalue weighted by molar-refractivity contribution is 5.94. The number of halogens is 3. The van der Waals surface area contributed by atoms with Crippen LogP contribution < -0.4 is 15.6 Å². The number of fused-ring (bicyclic) bond motifs is 2. The number of nitrogens with one attached hydrogen (secondary N) is 2. The third-order valence-corrected chi connectivity index (χ3v) is 4.26. The van der Waals surface area contributed by atoms with E-state index in [1.54, 1.807) is 41.4 Å². The van der Waals surface area contributed by atoms with Crippen LogP contribution >= 0.6 is 0 Å². The van der Waals surface area contributed by atoms with Crippen molar-refractivity contribution >= 4 is 5.91 Å². The van der Waals surface area contributed by atoms with Crippen LogP contribution in [-0.4, -0.2) is 15.9 Å². The fraction of sp³-hybridized carbons (Fsp3) is 0.105. The van der Waals surface area contributed by atoms with Crippen molar-refractivity contribution in [3.05, 3.63) is 87.6 Å². The fourth-order valence-electron chi connectivity index (χ4n) is 2.96. The molecule has 28 heavy (non-hydrogen) atoms. The van der Waals surface area contributed by atoms with Crippen molar-refractivity contribution in [2.24, 2.45) is 0 Å². The summed E-state index contributed by atoms with van der Waals surface area (Å²) < 4.78 is 43.9. The topological polar surface area (TPSA) is 84.1 Å². The molecule has 1 atom stereocenters. The van der Waals surface area contributed by atoms with E-state index in [1.807, 2.05) is 0 Å². The van der Waals surface area contributed by atoms with Gasteiger partial charge in [0.05, 0.1) is 0 Å². The fourth-order valence-corrected chi connectivity index (χ4v) is 2.96. The van der Waals surface area contributed by atoms with Gasteiger partial charge in [0.2, 0.25) is 0 Å². The molecule has 1 aliphatic heterocycles. The van der Waals surface area contributed by atoms with Crippen molar-refractivity contribution in [2.75, 3.05) is 0 Å². The number of carbonyl (C=O) groups is 1. The van der Waals surface area contributed by atoms with E-state index in [0.717, 1.165) is 6.07 Å². The van der Waals surface area contributed by atoms with Gasteiger partial charge in [-0.1, -0.05) is 18.2 Å². The van der Waals surface area contributed by atoms with Crippen molar-refractivity contribution in [3.63, 3.8) is 0 Å². The first-order valence-electron chi connectivity index (χ1n) is 8.17. The van der Waals surface area contributed by atoms with Crippen molar-refractivity contribution in [3.8, 4) is 11.5 Å². The number of hydrogen-bond acceptors (Lipinski definition) is 4. The molecular weight excluding hydrogens is 375 g/mol. The predicted octanol–water partition coefficient (Wildman–Crippen LogP) is 3.41. The van der Waals surface area contributed by atoms with Crippen molar-refractivity contribution < 1.29 is 22.7 Å². The van der Waals surface area contributed by atoms with Crippen LogP contribution in [0.4, 0.5) is 13.2 Å². The molecule has 3 heterocycles. The molecule has 0 saturated heterocycles. The van der Waals surface area contributed by atoms with Gasteiger partial charge < -0.3 is 15.0 Å². The van der Waals surface area contributed by atoms with Crippen LogP contribution in [0.15, 0.2) is 59.5 Å². The standard InChI is InChI=1S/C19H12F3N3O3/c20-19(21,22)14-8-7-11(17(26)24-14)18(27)25-15-10-4-1-2-5-12(10)28-13-6-3-9-23-16(13)15/h1-9,15H,(H,24,26)(H,25,27). The van der Waals surface area contributed by atoms with Gasteiger partial charge in [-0.15, -0.1) is 0 Å². The van der Waals surface area contributed by atoms with Crippen molar-refractivity contribution in [1.29, 1.82) is 0 Å². The van der Waals surface area contributed by atoms with Crippen LogP contribution in [0, 0.1) is 0 Å². The number of rotatable bonds is 2. The zero-order valence-corrected chi connectivity index (χ0v) is 14.1. The molecule has 0 aliphatic carbocycles. The van der Waals surface area contributed by atoms with Crippen LogP contribution in [0.2, 0.25) is 0 Å². The average Bonchev–Trinajstić information content (AvgIpc) is 2.67. The number of hydrogen-bond donors (Lipinski definition) is 2. The molecule has 1 amide bonds. The molecule has 1 unspecified atom stereocenters. The van der Waals surface area contributed by atoms with Crippen LogP contribution in [0.3, 0.4) is 0 Å². The van der Waals surface area contributed by atoms with Crippen LogP contribution in [0.1, 0.15) is 33.4 Å². The van der Waals surface area contributed by atoms with Gasteiger partial charge in [0, 0.05) is 11.8 Å². The summed E-state index contributed by atoms with van der Waals surface area (Å²) in [6.45, 7) is 0. The number of aromatic nitrogens is 2. The summed E-state index contributed by atoms with van der Waals surface area (Å²) in [5.41, 5.74) is -1.75. The first kappa shape index (κ1) is 17.8. The van der Waals surface area contributed by atoms with Crippen LogP contribution in [0.5, 0.6) is 11.5 Å². The number of ether oxygens (including phenoxy) is 1. The summed E-state index contributed by atoms with van der Waals surface area (Å²) in [7, 11) is 0. The zero-order chi connectivity index (χ0) is 19.9. The average molecular weight is 387 g/mol. The monoisotopic (exact) mass is 387 g/mol. The number of alkyl halides is 3. The molecule has 9 heteroatoms. The first-order valence-corrected chi connectivity index (χ1v) is 8.17. The summed E-state index contributed by atoms with van der Waals surface area (Å²) >= 11 is 0. The summed E-state index contributed by atoms with van der Waals surface area (Å²) in [4.78, 5) is 30.6. The molecule has 0 saturated carbocycles. The highest BCUT2D eigenvalue weighted by Gasteiger charge is 2.33. The Kier molecular flexibility index (Phi) is 4.14. The molecule has 0 radical (unpaired) electrons. The van der Waals surface area contributed by atoms with Crippen LogP contribution in [-0.2, 0) is 6.18 Å². The second kappa shape index (κ2) is 6.52. The number of para-hydroxylation sites is 1. The molecule has 3 aromatic rings. The summed E-state index contributed by atoms with van der Waals surface area (Å²) in [5.74, 6) is 0.121. The molecule has 0 bridgehead atoms. The zero-order valence-electron chi connectivity index (χ0n) is 14.1. The van der Waals surface area contributed by atoms with Crippen LogP contribution in [0.25, 0.3) is 0 Å². The van der Waals surface area contributed by atoms with Gasteiger partial charge in [0.15, 0.2) is 5.75 Å². The van der Waals surface area contributed by atoms with E-state index in [2.05, 4.69) is 10.3 Å². The second-order valence-corrected chi connectivity index (χ2v) is 6.05. The van der Waals surface area contributed by atoms with Gasteiger partial charge in [0.1, 0.15) is 28.7 Å². The van der Waals surface area contributed by atoms with Gasteiger partial charge in [-0.25, -0.2) is 0 Å². The molecule has 4 rings (SSSR count). The largest absolute Gasteiger partial charge is 0.455 e. The number of carbonyl (C=O) groups excluding carboxylic acids is 1. The van der Waals surface area contributed by atoms with E-state index < -0.39 is 34.9 Å². The normalized spacial score (nSPS) is 15.2. The Labute approximate surface area is 156 Å². The molecular formula is C19H12F3N3O3. The minimum absolute atomic E-state index is 0.429. The lowest BCUT2D eigenvalue weighted by atomic mass is 9.98. The quantitative estimate of drug-likeness (QED) is 0.706. The van der Waals surface area contributed by atoms with E-state index in [-0.39, 0.29) is 0 Å². The molecule has 1 aliphatic rings. The second-order valence-electron chi connectivity index (χ2n) is 6.05. The molecule has 6 nitrogen and oxygen atoms in total. The molecule has 142 valence electrons. The van der Waals surface area contributed by atoms with E-state index in [1.165, 1.54) is 6.20 Å². The molecule has 2 aromatic heterocycles. The minimum atomic E-state index is -4.71. The summed E-state index contributed by atoms with van der Waals surface area (Å²) in [6.07, 6.45) is -3.18. The number of pyridine rings is 2. The molecule has 2 N–H and O–H groups in total. The number of benzene rings is 1. The van der Waals surface area contributed by atoms with Gasteiger partial charge >= 0.3 is 6.18 Å².